The number of halogens is 1. The second kappa shape index (κ2) is 8.60. The number of rotatable bonds is 1. The molecule has 96 valence electrons. The van der Waals surface area contributed by atoms with Crippen LogP contribution in [0.4, 0.5) is 4.79 Å². The van der Waals surface area contributed by atoms with E-state index in [2.05, 4.69) is 34.7 Å². The van der Waals surface area contributed by atoms with E-state index in [1.807, 2.05) is 18.2 Å². The van der Waals surface area contributed by atoms with Crippen molar-refractivity contribution < 1.29 is 9.53 Å². The van der Waals surface area contributed by atoms with Gasteiger partial charge in [-0.05, 0) is 34.7 Å². The molecule has 1 amide bonds. The highest BCUT2D eigenvalue weighted by Crippen LogP contribution is 2.06. The Hall–Kier alpha value is -0.470. The smallest absolute Gasteiger partial charge is 0.410 e. The number of hydrogen-bond acceptors (Lipinski definition) is 3. The molecule has 0 bridgehead atoms. The molecule has 2 N–H and O–H groups in total. The molecule has 17 heavy (non-hydrogen) atoms. The number of ether oxygens (including phenoxy) is 1. The number of hydrogen-bond donors (Lipinski definition) is 1. The van der Waals surface area contributed by atoms with Gasteiger partial charge < -0.3 is 15.4 Å². The molecule has 4 nitrogen and oxygen atoms in total. The average Bonchev–Trinajstić information content (AvgIpc) is 2.61. The van der Waals surface area contributed by atoms with Crippen LogP contribution in [-0.4, -0.2) is 37.2 Å². The van der Waals surface area contributed by atoms with Crippen molar-refractivity contribution in [2.24, 2.45) is 5.73 Å². The molecule has 1 aromatic carbocycles. The Morgan fingerprint density at radius 2 is 2.06 bits per heavy atom. The van der Waals surface area contributed by atoms with Crippen LogP contribution in [-0.2, 0) is 4.74 Å². The number of nitrogens with zero attached hydrogens (tertiary/aromatic N) is 1. The van der Waals surface area contributed by atoms with Crippen molar-refractivity contribution in [3.63, 3.8) is 0 Å². The lowest BCUT2D eigenvalue weighted by molar-refractivity contribution is 0.137. The number of likely N-dealkylation sites (N-methyl/N-ethyl adjacent to an activating group) is 1. The minimum Gasteiger partial charge on any atom is -0.443 e. The van der Waals surface area contributed by atoms with Gasteiger partial charge in [-0.25, -0.2) is 4.79 Å². The summed E-state index contributed by atoms with van der Waals surface area (Å²) in [5.41, 5.74) is 5.25. The number of cyclic esters (lactones) is 1. The maximum Gasteiger partial charge on any atom is 0.410 e. The zero-order valence-electron chi connectivity index (χ0n) is 9.60. The second-order valence-electron chi connectivity index (χ2n) is 3.42. The lowest BCUT2D eigenvalue weighted by Gasteiger charge is -2.01. The summed E-state index contributed by atoms with van der Waals surface area (Å²) in [5.74, 6) is 0. The van der Waals surface area contributed by atoms with Gasteiger partial charge in [0.05, 0.1) is 6.54 Å². The summed E-state index contributed by atoms with van der Waals surface area (Å²) in [6, 6.07) is 10.2. The van der Waals surface area contributed by atoms with Crippen molar-refractivity contribution in [2.75, 3.05) is 20.1 Å². The van der Waals surface area contributed by atoms with Crippen LogP contribution >= 0.6 is 36.1 Å². The van der Waals surface area contributed by atoms with E-state index in [0.717, 1.165) is 0 Å². The normalized spacial score (nSPS) is 17.7. The standard InChI is InChI=1S/C6H5I.C5H10N2O2.H2S/c7-6-4-2-1-3-5-6;1-7-3-4(2-6)9-5(7)8;/h1-5H;4H,2-3,6H2,1H3;1H2/t;4-;/m.0./s1. The molecule has 1 saturated heterocycles. The average molecular weight is 368 g/mol. The van der Waals surface area contributed by atoms with Gasteiger partial charge in [-0.1, -0.05) is 18.2 Å². The van der Waals surface area contributed by atoms with E-state index in [-0.39, 0.29) is 25.7 Å². The van der Waals surface area contributed by atoms with Crippen LogP contribution < -0.4 is 5.73 Å². The van der Waals surface area contributed by atoms with Crippen molar-refractivity contribution in [1.82, 2.24) is 4.90 Å². The van der Waals surface area contributed by atoms with E-state index >= 15 is 0 Å². The molecule has 1 aromatic rings. The van der Waals surface area contributed by atoms with Crippen molar-refractivity contribution in [3.8, 4) is 0 Å². The van der Waals surface area contributed by atoms with Gasteiger partial charge in [0.1, 0.15) is 6.10 Å². The number of nitrogens with two attached hydrogens (primary N) is 1. The van der Waals surface area contributed by atoms with E-state index in [9.17, 15) is 4.79 Å². The third kappa shape index (κ3) is 6.13. The van der Waals surface area contributed by atoms with Gasteiger partial charge >= 0.3 is 6.09 Å². The van der Waals surface area contributed by atoms with Crippen LogP contribution in [0.2, 0.25) is 0 Å². The van der Waals surface area contributed by atoms with Gasteiger partial charge in [-0.2, -0.15) is 13.5 Å². The van der Waals surface area contributed by atoms with Crippen LogP contribution in [0.5, 0.6) is 0 Å². The molecule has 2 rings (SSSR count). The largest absolute Gasteiger partial charge is 0.443 e. The van der Waals surface area contributed by atoms with E-state index < -0.39 is 0 Å². The maximum atomic E-state index is 10.6. The van der Waals surface area contributed by atoms with Crippen molar-refractivity contribution >= 4 is 42.2 Å². The molecule has 0 unspecified atom stereocenters. The maximum absolute atomic E-state index is 10.6. The first kappa shape index (κ1) is 16.5. The first-order valence-corrected chi connectivity index (χ1v) is 6.03. The molecule has 0 radical (unpaired) electrons. The molecule has 0 saturated carbocycles. The summed E-state index contributed by atoms with van der Waals surface area (Å²) in [4.78, 5) is 12.1. The quantitative estimate of drug-likeness (QED) is 0.770. The predicted molar refractivity (Wildman–Crippen MR) is 81.5 cm³/mol. The molecule has 0 aromatic heterocycles. The van der Waals surface area contributed by atoms with Crippen molar-refractivity contribution in [3.05, 3.63) is 33.9 Å². The molecule has 0 spiro atoms. The summed E-state index contributed by atoms with van der Waals surface area (Å²) in [5, 5.41) is 0. The van der Waals surface area contributed by atoms with Gasteiger partial charge in [0, 0.05) is 17.2 Å². The Morgan fingerprint density at radius 1 is 1.47 bits per heavy atom. The molecule has 6 heteroatoms. The van der Waals surface area contributed by atoms with Crippen LogP contribution in [0.15, 0.2) is 30.3 Å². The monoisotopic (exact) mass is 368 g/mol. The molecule has 1 fully saturated rings. The Bertz CT molecular complexity index is 338. The van der Waals surface area contributed by atoms with Gasteiger partial charge in [0.15, 0.2) is 0 Å². The highest BCUT2D eigenvalue weighted by molar-refractivity contribution is 14.1. The Morgan fingerprint density at radius 3 is 2.29 bits per heavy atom. The first-order valence-electron chi connectivity index (χ1n) is 4.96. The van der Waals surface area contributed by atoms with Gasteiger partial charge in [-0.3, -0.25) is 0 Å². The Kier molecular flexibility index (Phi) is 8.36. The number of carbonyl (C=O) groups is 1. The fourth-order valence-electron chi connectivity index (χ4n) is 1.19. The van der Waals surface area contributed by atoms with Crippen LogP contribution in [0.1, 0.15) is 0 Å². The molecule has 1 aliphatic rings. The first-order chi connectivity index (χ1) is 7.63. The van der Waals surface area contributed by atoms with Gasteiger partial charge in [-0.15, -0.1) is 0 Å². The minimum absolute atomic E-state index is 0. The van der Waals surface area contributed by atoms with Crippen molar-refractivity contribution in [1.29, 1.82) is 0 Å². The lowest BCUT2D eigenvalue weighted by atomic mass is 10.4. The van der Waals surface area contributed by atoms with Crippen LogP contribution in [0.25, 0.3) is 0 Å². The summed E-state index contributed by atoms with van der Waals surface area (Å²) in [6.45, 7) is 1.03. The molecule has 1 aliphatic heterocycles. The number of carbonyl (C=O) groups excluding carboxylic acids is 1. The van der Waals surface area contributed by atoms with Gasteiger partial charge in [0.2, 0.25) is 0 Å². The molecular weight excluding hydrogens is 351 g/mol. The molecule has 0 aliphatic carbocycles. The summed E-state index contributed by atoms with van der Waals surface area (Å²) < 4.78 is 6.08. The third-order valence-electron chi connectivity index (χ3n) is 2.05. The van der Waals surface area contributed by atoms with Gasteiger partial charge in [0.25, 0.3) is 0 Å². The predicted octanol–water partition coefficient (Wildman–Crippen LogP) is 1.80. The fourth-order valence-corrected chi connectivity index (χ4v) is 1.60. The summed E-state index contributed by atoms with van der Waals surface area (Å²) in [6.07, 6.45) is -0.368. The van der Waals surface area contributed by atoms with E-state index in [1.54, 1.807) is 7.05 Å². The van der Waals surface area contributed by atoms with Crippen LogP contribution in [0, 0.1) is 3.57 Å². The molecule has 1 atom stereocenters. The summed E-state index contributed by atoms with van der Waals surface area (Å²) >= 11 is 2.28. The molecular formula is C11H17IN2O2S. The zero-order valence-corrected chi connectivity index (χ0v) is 12.8. The minimum atomic E-state index is -0.273. The highest BCUT2D eigenvalue weighted by atomic mass is 127. The SMILES string of the molecule is CN1C[C@H](CN)OC1=O.Ic1ccccc1.S. The fraction of sp³-hybridized carbons (Fsp3) is 0.364. The highest BCUT2D eigenvalue weighted by Gasteiger charge is 2.26. The second-order valence-corrected chi connectivity index (χ2v) is 4.66. The summed E-state index contributed by atoms with van der Waals surface area (Å²) in [7, 11) is 1.69. The third-order valence-corrected chi connectivity index (χ3v) is 2.77. The Labute approximate surface area is 122 Å². The van der Waals surface area contributed by atoms with Crippen molar-refractivity contribution in [2.45, 2.75) is 6.10 Å². The number of benzene rings is 1. The van der Waals surface area contributed by atoms with E-state index in [0.29, 0.717) is 13.1 Å². The van der Waals surface area contributed by atoms with Crippen LogP contribution in [0.3, 0.4) is 0 Å². The Balaban J connectivity index is 0.000000292. The topological polar surface area (TPSA) is 55.6 Å². The van der Waals surface area contributed by atoms with E-state index in [4.69, 9.17) is 10.5 Å². The van der Waals surface area contributed by atoms with E-state index in [1.165, 1.54) is 8.47 Å². The lowest BCUT2D eigenvalue weighted by Crippen LogP contribution is -2.24. The zero-order chi connectivity index (χ0) is 12.0. The number of amides is 1. The molecule has 1 heterocycles.